The Morgan fingerprint density at radius 2 is 1.97 bits per heavy atom. The highest BCUT2D eigenvalue weighted by molar-refractivity contribution is 6.03. The molecule has 2 aromatic carbocycles. The molecule has 0 bridgehead atoms. The van der Waals surface area contributed by atoms with Crippen LogP contribution in [0, 0.1) is 5.82 Å². The maximum atomic E-state index is 14.3. The third kappa shape index (κ3) is 4.39. The third-order valence-electron chi connectivity index (χ3n) is 5.60. The summed E-state index contributed by atoms with van der Waals surface area (Å²) in [6, 6.07) is 7.80. The molecule has 4 aromatic rings. The summed E-state index contributed by atoms with van der Waals surface area (Å²) >= 11 is 0. The second kappa shape index (κ2) is 8.42. The SMILES string of the molecule is Nc1nc(NC2Cc3ccccc3N(C(=O)Nc3cc(C(F)(F)F)ccc3F)C2)c2cn[nH]c2n1. The van der Waals surface area contributed by atoms with E-state index in [0.29, 0.717) is 47.2 Å². The fraction of sp³-hybridized carbons (Fsp3) is 0.182. The van der Waals surface area contributed by atoms with Gasteiger partial charge in [-0.05, 0) is 36.2 Å². The van der Waals surface area contributed by atoms with Gasteiger partial charge < -0.3 is 16.4 Å². The van der Waals surface area contributed by atoms with Crippen LogP contribution in [0.15, 0.2) is 48.7 Å². The molecule has 1 unspecified atom stereocenters. The fourth-order valence-electron chi connectivity index (χ4n) is 4.02. The number of carbonyl (C=O) groups is 1. The Morgan fingerprint density at radius 1 is 1.17 bits per heavy atom. The van der Waals surface area contributed by atoms with Crippen LogP contribution in [-0.4, -0.2) is 38.8 Å². The lowest BCUT2D eigenvalue weighted by Gasteiger charge is -2.35. The van der Waals surface area contributed by atoms with Crippen LogP contribution in [0.1, 0.15) is 11.1 Å². The summed E-state index contributed by atoms with van der Waals surface area (Å²) < 4.78 is 53.5. The number of nitrogens with one attached hydrogen (secondary N) is 3. The molecule has 0 spiro atoms. The van der Waals surface area contributed by atoms with Crippen molar-refractivity contribution < 1.29 is 22.4 Å². The number of aromatic nitrogens is 4. The molecule has 2 amide bonds. The number of hydrogen-bond acceptors (Lipinski definition) is 6. The Labute approximate surface area is 195 Å². The second-order valence-electron chi connectivity index (χ2n) is 7.97. The van der Waals surface area contributed by atoms with E-state index in [1.54, 1.807) is 18.2 Å². The molecule has 1 aliphatic heterocycles. The molecule has 1 aliphatic rings. The van der Waals surface area contributed by atoms with Crippen molar-refractivity contribution in [3.8, 4) is 0 Å². The van der Waals surface area contributed by atoms with E-state index in [1.807, 2.05) is 6.07 Å². The number of amides is 2. The number of aromatic amines is 1. The van der Waals surface area contributed by atoms with Crippen molar-refractivity contribution in [2.75, 3.05) is 27.8 Å². The van der Waals surface area contributed by atoms with Gasteiger partial charge >= 0.3 is 12.2 Å². The maximum absolute atomic E-state index is 14.3. The molecule has 5 N–H and O–H groups in total. The van der Waals surface area contributed by atoms with E-state index < -0.39 is 29.3 Å². The molecule has 5 rings (SSSR count). The van der Waals surface area contributed by atoms with Gasteiger partial charge in [0, 0.05) is 18.3 Å². The zero-order valence-corrected chi connectivity index (χ0v) is 17.9. The first-order valence-corrected chi connectivity index (χ1v) is 10.5. The highest BCUT2D eigenvalue weighted by atomic mass is 19.4. The molecule has 13 heteroatoms. The minimum absolute atomic E-state index is 0.0232. The summed E-state index contributed by atoms with van der Waals surface area (Å²) in [6.45, 7) is 0.118. The van der Waals surface area contributed by atoms with Crippen LogP contribution in [0.25, 0.3) is 11.0 Å². The first-order valence-electron chi connectivity index (χ1n) is 10.5. The number of para-hydroxylation sites is 1. The Morgan fingerprint density at radius 3 is 2.77 bits per heavy atom. The highest BCUT2D eigenvalue weighted by Gasteiger charge is 2.33. The summed E-state index contributed by atoms with van der Waals surface area (Å²) in [6.07, 6.45) is -2.63. The van der Waals surface area contributed by atoms with E-state index in [-0.39, 0.29) is 18.5 Å². The molecule has 0 aliphatic carbocycles. The summed E-state index contributed by atoms with van der Waals surface area (Å²) in [5, 5.41) is 12.8. The number of fused-ring (bicyclic) bond motifs is 2. The molecule has 3 heterocycles. The number of hydrogen-bond donors (Lipinski definition) is 4. The predicted molar refractivity (Wildman–Crippen MR) is 121 cm³/mol. The second-order valence-corrected chi connectivity index (χ2v) is 7.97. The molecule has 180 valence electrons. The standard InChI is InChI=1S/C22H18F4N8O/c23-15-6-5-12(22(24,25)26)8-16(15)30-21(35)34-10-13(7-11-3-1-2-4-17(11)34)29-18-14-9-28-33-19(14)32-20(27)31-18/h1-6,8-9,13H,7,10H2,(H,30,35)(H4,27,28,29,31,32,33). The van der Waals surface area contributed by atoms with E-state index in [0.717, 1.165) is 5.56 Å². The van der Waals surface area contributed by atoms with Gasteiger partial charge in [0.1, 0.15) is 11.6 Å². The number of anilines is 4. The van der Waals surface area contributed by atoms with Gasteiger partial charge in [0.15, 0.2) is 5.65 Å². The number of nitrogens with two attached hydrogens (primary N) is 1. The smallest absolute Gasteiger partial charge is 0.368 e. The first kappa shape index (κ1) is 22.4. The fourth-order valence-corrected chi connectivity index (χ4v) is 4.02. The van der Waals surface area contributed by atoms with Crippen molar-refractivity contribution >= 4 is 40.2 Å². The van der Waals surface area contributed by atoms with Gasteiger partial charge in [0.25, 0.3) is 0 Å². The van der Waals surface area contributed by atoms with Crippen molar-refractivity contribution in [1.29, 1.82) is 0 Å². The zero-order valence-electron chi connectivity index (χ0n) is 17.9. The minimum atomic E-state index is -4.68. The molecule has 1 atom stereocenters. The van der Waals surface area contributed by atoms with E-state index >= 15 is 0 Å². The number of benzene rings is 2. The molecule has 9 nitrogen and oxygen atoms in total. The van der Waals surface area contributed by atoms with Crippen molar-refractivity contribution in [1.82, 2.24) is 20.2 Å². The van der Waals surface area contributed by atoms with Crippen molar-refractivity contribution in [2.45, 2.75) is 18.6 Å². The highest BCUT2D eigenvalue weighted by Crippen LogP contribution is 2.33. The largest absolute Gasteiger partial charge is 0.416 e. The van der Waals surface area contributed by atoms with Gasteiger partial charge in [0.2, 0.25) is 5.95 Å². The van der Waals surface area contributed by atoms with E-state index in [9.17, 15) is 22.4 Å². The van der Waals surface area contributed by atoms with Gasteiger partial charge in [-0.15, -0.1) is 0 Å². The lowest BCUT2D eigenvalue weighted by atomic mass is 9.98. The summed E-state index contributed by atoms with van der Waals surface area (Å²) in [4.78, 5) is 22.8. The minimum Gasteiger partial charge on any atom is -0.368 e. The molecule has 0 saturated carbocycles. The molecule has 0 saturated heterocycles. The third-order valence-corrected chi connectivity index (χ3v) is 5.60. The van der Waals surface area contributed by atoms with E-state index in [2.05, 4.69) is 30.8 Å². The number of nitrogens with zero attached hydrogens (tertiary/aromatic N) is 4. The van der Waals surface area contributed by atoms with Crippen molar-refractivity contribution in [3.05, 3.63) is 65.6 Å². The van der Waals surface area contributed by atoms with Crippen LogP contribution >= 0.6 is 0 Å². The van der Waals surface area contributed by atoms with Crippen LogP contribution in [0.3, 0.4) is 0 Å². The van der Waals surface area contributed by atoms with Crippen LogP contribution in [0.2, 0.25) is 0 Å². The van der Waals surface area contributed by atoms with Gasteiger partial charge in [-0.2, -0.15) is 28.2 Å². The molecular formula is C22H18F4N8O. The maximum Gasteiger partial charge on any atom is 0.416 e. The quantitative estimate of drug-likeness (QED) is 0.322. The lowest BCUT2D eigenvalue weighted by Crippen LogP contribution is -2.47. The van der Waals surface area contributed by atoms with Crippen LogP contribution in [0.4, 0.5) is 45.5 Å². The van der Waals surface area contributed by atoms with Crippen LogP contribution < -0.4 is 21.3 Å². The number of carbonyl (C=O) groups excluding carboxylic acids is 1. The number of nitrogen functional groups attached to an aromatic ring is 1. The number of alkyl halides is 3. The van der Waals surface area contributed by atoms with Gasteiger partial charge in [-0.1, -0.05) is 18.2 Å². The Bertz CT molecular complexity index is 1420. The number of rotatable bonds is 3. The van der Waals surface area contributed by atoms with Crippen molar-refractivity contribution in [3.63, 3.8) is 0 Å². The number of halogens is 4. The lowest BCUT2D eigenvalue weighted by molar-refractivity contribution is -0.137. The van der Waals surface area contributed by atoms with E-state index in [4.69, 9.17) is 5.73 Å². The van der Waals surface area contributed by atoms with Gasteiger partial charge in [-0.25, -0.2) is 9.18 Å². The van der Waals surface area contributed by atoms with Crippen LogP contribution in [0.5, 0.6) is 0 Å². The van der Waals surface area contributed by atoms with Gasteiger partial charge in [-0.3, -0.25) is 10.00 Å². The van der Waals surface area contributed by atoms with Gasteiger partial charge in [0.05, 0.1) is 22.8 Å². The average Bonchev–Trinajstić information content (AvgIpc) is 3.28. The molecular weight excluding hydrogens is 468 g/mol. The topological polar surface area (TPSA) is 125 Å². The summed E-state index contributed by atoms with van der Waals surface area (Å²) in [7, 11) is 0. The summed E-state index contributed by atoms with van der Waals surface area (Å²) in [5.74, 6) is -0.546. The van der Waals surface area contributed by atoms with Crippen molar-refractivity contribution in [2.24, 2.45) is 0 Å². The van der Waals surface area contributed by atoms with E-state index in [1.165, 1.54) is 11.1 Å². The number of urea groups is 1. The average molecular weight is 486 g/mol. The Balaban J connectivity index is 1.43. The summed E-state index contributed by atoms with van der Waals surface area (Å²) in [5.41, 5.74) is 5.95. The normalized spacial score (nSPS) is 15.7. The predicted octanol–water partition coefficient (Wildman–Crippen LogP) is 4.17. The molecule has 2 aromatic heterocycles. The Hall–Kier alpha value is -4.42. The van der Waals surface area contributed by atoms with Crippen LogP contribution in [-0.2, 0) is 12.6 Å². The first-order chi connectivity index (χ1) is 16.7. The molecule has 0 fully saturated rings. The number of H-pyrrole nitrogens is 1. The molecule has 35 heavy (non-hydrogen) atoms. The Kier molecular flexibility index (Phi) is 5.38. The molecule has 0 radical (unpaired) electrons. The monoisotopic (exact) mass is 486 g/mol. The zero-order chi connectivity index (χ0) is 24.7.